The van der Waals surface area contributed by atoms with Gasteiger partial charge in [0, 0.05) is 23.1 Å². The van der Waals surface area contributed by atoms with Gasteiger partial charge in [-0.15, -0.1) is 0 Å². The fraction of sp³-hybridized carbons (Fsp3) is 0.714. The molecule has 2 saturated heterocycles. The summed E-state index contributed by atoms with van der Waals surface area (Å²) < 4.78 is 16.9. The first kappa shape index (κ1) is 22.3. The minimum Gasteiger partial charge on any atom is -0.352 e. The second kappa shape index (κ2) is 8.55. The zero-order valence-corrected chi connectivity index (χ0v) is 19.9. The molecule has 166 valence electrons. The molecule has 3 heterocycles. The van der Waals surface area contributed by atoms with Gasteiger partial charge >= 0.3 is 5.69 Å². The molecule has 3 fully saturated rings. The summed E-state index contributed by atoms with van der Waals surface area (Å²) in [6.07, 6.45) is 5.65. The molecule has 0 unspecified atom stereocenters. The number of fused-ring (bicyclic) bond motifs is 1. The summed E-state index contributed by atoms with van der Waals surface area (Å²) in [5, 5.41) is 0. The number of morpholine rings is 1. The van der Waals surface area contributed by atoms with Crippen LogP contribution in [-0.4, -0.2) is 44.3 Å². The summed E-state index contributed by atoms with van der Waals surface area (Å²) in [6.45, 7) is 13.8. The van der Waals surface area contributed by atoms with Gasteiger partial charge in [-0.3, -0.25) is 14.3 Å². The molecular weight excluding hydrogens is 421 g/mol. The van der Waals surface area contributed by atoms with E-state index < -0.39 is 19.4 Å². The highest BCUT2D eigenvalue weighted by molar-refractivity contribution is 8.54. The van der Waals surface area contributed by atoms with Crippen molar-refractivity contribution in [3.05, 3.63) is 44.8 Å². The number of nitrogens with zero attached hydrogens (tertiary/aromatic N) is 2. The Labute approximate surface area is 182 Å². The molecule has 0 amide bonds. The van der Waals surface area contributed by atoms with Gasteiger partial charge in [-0.25, -0.2) is 9.46 Å². The SMILES string of the molecule is C=C(C)[C@H]1CC[C@@]2(C)S[P@@](N3C[C@@H](CC)O[C@@H](n4cc(C)c(=O)[nH]c4=O)C3)O[C@@H]2C1. The van der Waals surface area contributed by atoms with E-state index in [2.05, 4.69) is 37.0 Å². The molecule has 1 aromatic rings. The van der Waals surface area contributed by atoms with Crippen LogP contribution < -0.4 is 11.2 Å². The fourth-order valence-corrected chi connectivity index (χ4v) is 9.70. The van der Waals surface area contributed by atoms with Gasteiger partial charge < -0.3 is 9.26 Å². The van der Waals surface area contributed by atoms with Crippen LogP contribution >= 0.6 is 18.9 Å². The molecule has 6 atom stereocenters. The van der Waals surface area contributed by atoms with E-state index in [0.29, 0.717) is 18.0 Å². The molecule has 0 aromatic carbocycles. The van der Waals surface area contributed by atoms with Gasteiger partial charge in [0.2, 0.25) is 0 Å². The van der Waals surface area contributed by atoms with Crippen LogP contribution in [0.1, 0.15) is 58.2 Å². The van der Waals surface area contributed by atoms with E-state index >= 15 is 0 Å². The van der Waals surface area contributed by atoms with Crippen LogP contribution in [-0.2, 0) is 9.26 Å². The molecular formula is C21H32N3O4PS. The number of hydrogen-bond acceptors (Lipinski definition) is 6. The van der Waals surface area contributed by atoms with Crippen LogP contribution in [0.3, 0.4) is 0 Å². The number of hydrogen-bond donors (Lipinski definition) is 1. The van der Waals surface area contributed by atoms with Crippen molar-refractivity contribution >= 4 is 18.9 Å². The molecule has 7 nitrogen and oxygen atoms in total. The quantitative estimate of drug-likeness (QED) is 0.550. The Hall–Kier alpha value is -0.920. The summed E-state index contributed by atoms with van der Waals surface area (Å²) in [5.41, 5.74) is 0.987. The number of aromatic amines is 1. The highest BCUT2D eigenvalue weighted by Crippen LogP contribution is 2.71. The Kier molecular flexibility index (Phi) is 6.35. The van der Waals surface area contributed by atoms with E-state index in [4.69, 9.17) is 9.26 Å². The van der Waals surface area contributed by atoms with Crippen LogP contribution in [0.4, 0.5) is 0 Å². The number of rotatable bonds is 4. The Bertz CT molecular complexity index is 934. The minimum absolute atomic E-state index is 0.0215. The molecule has 2 aliphatic heterocycles. The molecule has 1 N–H and O–H groups in total. The summed E-state index contributed by atoms with van der Waals surface area (Å²) >= 11 is 1.97. The number of ether oxygens (including phenoxy) is 1. The standard InChI is InChI=1S/C21H32N3O4PS/c1-6-16-11-23(12-18(27-16)24-10-14(4)19(25)22-20(24)26)29-28-17-9-15(13(2)3)7-8-21(17,5)30-29/h10,15-18H,2,6-9,11-12H2,1,3-5H3,(H,22,25,26)/t15-,16+,17+,18+,21+,29-/m0/s1. The van der Waals surface area contributed by atoms with E-state index in [-0.39, 0.29) is 22.5 Å². The van der Waals surface area contributed by atoms with Crippen LogP contribution in [0, 0.1) is 12.8 Å². The number of nitrogens with one attached hydrogen (secondary N) is 1. The predicted octanol–water partition coefficient (Wildman–Crippen LogP) is 3.95. The molecule has 1 aromatic heterocycles. The monoisotopic (exact) mass is 453 g/mol. The van der Waals surface area contributed by atoms with Crippen molar-refractivity contribution < 1.29 is 9.26 Å². The Morgan fingerprint density at radius 3 is 2.90 bits per heavy atom. The summed E-state index contributed by atoms with van der Waals surface area (Å²) in [4.78, 5) is 26.6. The van der Waals surface area contributed by atoms with Crippen molar-refractivity contribution in [1.29, 1.82) is 0 Å². The van der Waals surface area contributed by atoms with Crippen LogP contribution in [0.2, 0.25) is 0 Å². The average Bonchev–Trinajstić information content (AvgIpc) is 3.06. The van der Waals surface area contributed by atoms with Crippen molar-refractivity contribution in [3.8, 4) is 0 Å². The van der Waals surface area contributed by atoms with Crippen LogP contribution in [0.15, 0.2) is 27.9 Å². The molecule has 0 spiro atoms. The fourth-order valence-electron chi connectivity index (χ4n) is 4.50. The molecule has 0 radical (unpaired) electrons. The van der Waals surface area contributed by atoms with Crippen molar-refractivity contribution in [1.82, 2.24) is 14.2 Å². The lowest BCUT2D eigenvalue weighted by atomic mass is 9.77. The van der Waals surface area contributed by atoms with Crippen molar-refractivity contribution in [3.63, 3.8) is 0 Å². The third kappa shape index (κ3) is 4.22. The predicted molar refractivity (Wildman–Crippen MR) is 122 cm³/mol. The second-order valence-electron chi connectivity index (χ2n) is 9.02. The second-order valence-corrected chi connectivity index (χ2v) is 12.9. The molecule has 1 saturated carbocycles. The first-order valence-electron chi connectivity index (χ1n) is 10.7. The van der Waals surface area contributed by atoms with E-state index in [1.807, 2.05) is 11.4 Å². The van der Waals surface area contributed by atoms with Gasteiger partial charge in [0.1, 0.15) is 0 Å². The third-order valence-corrected chi connectivity index (χ3v) is 11.6. The van der Waals surface area contributed by atoms with E-state index in [9.17, 15) is 9.59 Å². The Balaban J connectivity index is 1.54. The maximum atomic E-state index is 12.4. The van der Waals surface area contributed by atoms with Crippen LogP contribution in [0.5, 0.6) is 0 Å². The zero-order valence-electron chi connectivity index (χ0n) is 18.2. The number of H-pyrrole nitrogens is 1. The molecule has 3 aliphatic rings. The summed E-state index contributed by atoms with van der Waals surface area (Å²) in [6, 6.07) is 0. The van der Waals surface area contributed by atoms with Gasteiger partial charge in [0.25, 0.3) is 5.56 Å². The van der Waals surface area contributed by atoms with Gasteiger partial charge in [-0.1, -0.05) is 30.5 Å². The Morgan fingerprint density at radius 2 is 2.20 bits per heavy atom. The van der Waals surface area contributed by atoms with E-state index in [1.54, 1.807) is 13.1 Å². The van der Waals surface area contributed by atoms with Gasteiger partial charge in [-0.2, -0.15) is 0 Å². The maximum Gasteiger partial charge on any atom is 0.330 e. The molecule has 0 bridgehead atoms. The smallest absolute Gasteiger partial charge is 0.330 e. The van der Waals surface area contributed by atoms with Crippen molar-refractivity contribution in [2.45, 2.75) is 76.6 Å². The highest BCUT2D eigenvalue weighted by atomic mass is 32.7. The van der Waals surface area contributed by atoms with Crippen LogP contribution in [0.25, 0.3) is 0 Å². The lowest BCUT2D eigenvalue weighted by Crippen LogP contribution is -2.46. The van der Waals surface area contributed by atoms with E-state index in [0.717, 1.165) is 25.8 Å². The van der Waals surface area contributed by atoms with Crippen molar-refractivity contribution in [2.75, 3.05) is 13.1 Å². The normalized spacial score (nSPS) is 37.1. The molecule has 30 heavy (non-hydrogen) atoms. The third-order valence-electron chi connectivity index (χ3n) is 6.64. The van der Waals surface area contributed by atoms with E-state index in [1.165, 1.54) is 16.6 Å². The number of aryl methyl sites for hydroxylation is 1. The first-order chi connectivity index (χ1) is 14.2. The minimum atomic E-state index is -0.820. The van der Waals surface area contributed by atoms with Crippen molar-refractivity contribution in [2.24, 2.45) is 5.92 Å². The highest BCUT2D eigenvalue weighted by Gasteiger charge is 2.52. The maximum absolute atomic E-state index is 12.4. The lowest BCUT2D eigenvalue weighted by molar-refractivity contribution is -0.104. The molecule has 9 heteroatoms. The van der Waals surface area contributed by atoms with Gasteiger partial charge in [0.05, 0.1) is 18.8 Å². The lowest BCUT2D eigenvalue weighted by Gasteiger charge is -2.39. The van der Waals surface area contributed by atoms with Gasteiger partial charge in [0.15, 0.2) is 13.7 Å². The van der Waals surface area contributed by atoms with Gasteiger partial charge in [-0.05, 0) is 52.4 Å². The largest absolute Gasteiger partial charge is 0.352 e. The first-order valence-corrected chi connectivity index (χ1v) is 13.4. The number of aromatic nitrogens is 2. The molecule has 4 rings (SSSR count). The summed E-state index contributed by atoms with van der Waals surface area (Å²) in [5.74, 6) is 0.544. The average molecular weight is 454 g/mol. The topological polar surface area (TPSA) is 76.6 Å². The number of allylic oxidation sites excluding steroid dienone is 1. The summed E-state index contributed by atoms with van der Waals surface area (Å²) in [7, 11) is -0.820. The Morgan fingerprint density at radius 1 is 1.43 bits per heavy atom. The molecule has 1 aliphatic carbocycles. The zero-order chi connectivity index (χ0) is 21.6.